The molecule has 0 saturated heterocycles. The largest absolute Gasteiger partial charge is 0.344 e. The SMILES string of the molecule is CN(C)C[C@@H](NC(=O)c1ccc(S(=O)(=O)N(C)C)cc1)c1ccccc1. The second-order valence-electron chi connectivity index (χ2n) is 6.51. The fraction of sp³-hybridized carbons (Fsp3) is 0.316. The fourth-order valence-electron chi connectivity index (χ4n) is 2.52. The van der Waals surface area contributed by atoms with Crippen molar-refractivity contribution in [2.75, 3.05) is 34.7 Å². The molecule has 1 atom stereocenters. The van der Waals surface area contributed by atoms with Crippen molar-refractivity contribution in [3.63, 3.8) is 0 Å². The Morgan fingerprint density at radius 2 is 1.54 bits per heavy atom. The number of carbonyl (C=O) groups excluding carboxylic acids is 1. The maximum absolute atomic E-state index is 12.6. The fourth-order valence-corrected chi connectivity index (χ4v) is 3.42. The summed E-state index contributed by atoms with van der Waals surface area (Å²) in [5.41, 5.74) is 1.43. The minimum atomic E-state index is -3.51. The Labute approximate surface area is 155 Å². The molecule has 2 aromatic rings. The Hall–Kier alpha value is -2.22. The predicted octanol–water partition coefficient (Wildman–Crippen LogP) is 1.97. The molecule has 1 N–H and O–H groups in total. The van der Waals surface area contributed by atoms with Crippen molar-refractivity contribution in [2.45, 2.75) is 10.9 Å². The molecular formula is C19H25N3O3S. The summed E-state index contributed by atoms with van der Waals surface area (Å²) in [6, 6.07) is 15.6. The number of rotatable bonds is 7. The first-order valence-electron chi connectivity index (χ1n) is 8.25. The van der Waals surface area contributed by atoms with Crippen LogP contribution in [0.5, 0.6) is 0 Å². The van der Waals surface area contributed by atoms with E-state index in [2.05, 4.69) is 5.32 Å². The Balaban J connectivity index is 2.19. The minimum absolute atomic E-state index is 0.159. The number of amides is 1. The Morgan fingerprint density at radius 3 is 2.04 bits per heavy atom. The molecule has 140 valence electrons. The van der Waals surface area contributed by atoms with Gasteiger partial charge in [0.05, 0.1) is 10.9 Å². The van der Waals surface area contributed by atoms with Gasteiger partial charge in [-0.15, -0.1) is 0 Å². The van der Waals surface area contributed by atoms with E-state index in [1.54, 1.807) is 0 Å². The van der Waals surface area contributed by atoms with Gasteiger partial charge >= 0.3 is 0 Å². The first-order valence-corrected chi connectivity index (χ1v) is 9.69. The normalized spacial score (nSPS) is 13.0. The second-order valence-corrected chi connectivity index (χ2v) is 8.66. The van der Waals surface area contributed by atoms with E-state index in [4.69, 9.17) is 0 Å². The lowest BCUT2D eigenvalue weighted by molar-refractivity contribution is 0.0930. The topological polar surface area (TPSA) is 69.7 Å². The molecule has 26 heavy (non-hydrogen) atoms. The summed E-state index contributed by atoms with van der Waals surface area (Å²) in [6.45, 7) is 0.656. The highest BCUT2D eigenvalue weighted by Crippen LogP contribution is 2.17. The lowest BCUT2D eigenvalue weighted by Gasteiger charge is -2.23. The van der Waals surface area contributed by atoms with E-state index in [1.807, 2.05) is 49.3 Å². The number of hydrogen-bond donors (Lipinski definition) is 1. The third kappa shape index (κ3) is 4.91. The third-order valence-corrected chi connectivity index (χ3v) is 5.78. The lowest BCUT2D eigenvalue weighted by Crippen LogP contribution is -2.35. The zero-order valence-corrected chi connectivity index (χ0v) is 16.3. The van der Waals surface area contributed by atoms with Gasteiger partial charge in [-0.05, 0) is 43.9 Å². The average Bonchev–Trinajstić information content (AvgIpc) is 2.61. The molecule has 0 unspecified atom stereocenters. The van der Waals surface area contributed by atoms with Crippen molar-refractivity contribution in [1.82, 2.24) is 14.5 Å². The summed E-state index contributed by atoms with van der Waals surface area (Å²) >= 11 is 0. The van der Waals surface area contributed by atoms with Gasteiger partial charge in [0.25, 0.3) is 5.91 Å². The number of benzene rings is 2. The molecule has 0 saturated carbocycles. The highest BCUT2D eigenvalue weighted by Gasteiger charge is 2.19. The molecule has 0 bridgehead atoms. The van der Waals surface area contributed by atoms with Crippen molar-refractivity contribution in [2.24, 2.45) is 0 Å². The van der Waals surface area contributed by atoms with Gasteiger partial charge in [0.1, 0.15) is 0 Å². The van der Waals surface area contributed by atoms with E-state index in [-0.39, 0.29) is 16.8 Å². The molecule has 2 aromatic carbocycles. The van der Waals surface area contributed by atoms with Crippen LogP contribution in [0.1, 0.15) is 22.0 Å². The maximum Gasteiger partial charge on any atom is 0.251 e. The van der Waals surface area contributed by atoms with Gasteiger partial charge in [-0.2, -0.15) is 0 Å². The lowest BCUT2D eigenvalue weighted by atomic mass is 10.1. The summed E-state index contributed by atoms with van der Waals surface area (Å²) in [6.07, 6.45) is 0. The van der Waals surface area contributed by atoms with Gasteiger partial charge < -0.3 is 10.2 Å². The van der Waals surface area contributed by atoms with Crippen LogP contribution in [0, 0.1) is 0 Å². The van der Waals surface area contributed by atoms with Gasteiger partial charge in [-0.25, -0.2) is 12.7 Å². The molecule has 2 rings (SSSR count). The quantitative estimate of drug-likeness (QED) is 0.803. The number of nitrogens with one attached hydrogen (secondary N) is 1. The molecule has 0 spiro atoms. The standard InChI is InChI=1S/C19H25N3O3S/c1-21(2)14-18(15-8-6-5-7-9-15)20-19(23)16-10-12-17(13-11-16)26(24,25)22(3)4/h5-13,18H,14H2,1-4H3,(H,20,23)/t18-/m1/s1. The molecule has 7 heteroatoms. The van der Waals surface area contributed by atoms with E-state index < -0.39 is 10.0 Å². The zero-order chi connectivity index (χ0) is 19.3. The molecule has 6 nitrogen and oxygen atoms in total. The van der Waals surface area contributed by atoms with E-state index in [0.29, 0.717) is 12.1 Å². The molecule has 0 aliphatic rings. The van der Waals surface area contributed by atoms with Crippen molar-refractivity contribution >= 4 is 15.9 Å². The highest BCUT2D eigenvalue weighted by molar-refractivity contribution is 7.89. The number of likely N-dealkylation sites (N-methyl/N-ethyl adjacent to an activating group) is 1. The first kappa shape index (κ1) is 20.1. The molecule has 0 aromatic heterocycles. The number of carbonyl (C=O) groups is 1. The molecule has 1 amide bonds. The monoisotopic (exact) mass is 375 g/mol. The molecule has 0 fully saturated rings. The molecule has 0 radical (unpaired) electrons. The van der Waals surface area contributed by atoms with Crippen LogP contribution in [-0.4, -0.2) is 58.3 Å². The Kier molecular flexibility index (Phi) is 6.52. The Morgan fingerprint density at radius 1 is 0.962 bits per heavy atom. The van der Waals surface area contributed by atoms with Crippen molar-refractivity contribution in [3.8, 4) is 0 Å². The van der Waals surface area contributed by atoms with Gasteiger partial charge in [0, 0.05) is 26.2 Å². The van der Waals surface area contributed by atoms with Crippen LogP contribution in [0.15, 0.2) is 59.5 Å². The van der Waals surface area contributed by atoms with Crippen LogP contribution in [-0.2, 0) is 10.0 Å². The van der Waals surface area contributed by atoms with Gasteiger partial charge in [-0.3, -0.25) is 4.79 Å². The zero-order valence-electron chi connectivity index (χ0n) is 15.5. The van der Waals surface area contributed by atoms with Crippen molar-refractivity contribution in [1.29, 1.82) is 0 Å². The van der Waals surface area contributed by atoms with Crippen LogP contribution in [0.2, 0.25) is 0 Å². The minimum Gasteiger partial charge on any atom is -0.344 e. The third-order valence-electron chi connectivity index (χ3n) is 3.95. The van der Waals surface area contributed by atoms with E-state index in [0.717, 1.165) is 9.87 Å². The van der Waals surface area contributed by atoms with Crippen LogP contribution in [0.25, 0.3) is 0 Å². The van der Waals surface area contributed by atoms with Crippen LogP contribution < -0.4 is 5.32 Å². The summed E-state index contributed by atoms with van der Waals surface area (Å²) < 4.78 is 25.4. The molecule has 0 aliphatic carbocycles. The van der Waals surface area contributed by atoms with Gasteiger partial charge in [-0.1, -0.05) is 30.3 Å². The number of hydrogen-bond acceptors (Lipinski definition) is 4. The van der Waals surface area contributed by atoms with Gasteiger partial charge in [0.15, 0.2) is 0 Å². The summed E-state index contributed by atoms with van der Waals surface area (Å²) in [4.78, 5) is 14.8. The summed E-state index contributed by atoms with van der Waals surface area (Å²) in [5, 5.41) is 3.02. The molecule has 0 aliphatic heterocycles. The van der Waals surface area contributed by atoms with Crippen LogP contribution >= 0.6 is 0 Å². The van der Waals surface area contributed by atoms with E-state index in [9.17, 15) is 13.2 Å². The Bertz CT molecular complexity index is 832. The van der Waals surface area contributed by atoms with Crippen molar-refractivity contribution < 1.29 is 13.2 Å². The number of nitrogens with zero attached hydrogens (tertiary/aromatic N) is 2. The van der Waals surface area contributed by atoms with Crippen molar-refractivity contribution in [3.05, 3.63) is 65.7 Å². The van der Waals surface area contributed by atoms with E-state index in [1.165, 1.54) is 38.4 Å². The number of sulfonamides is 1. The van der Waals surface area contributed by atoms with Crippen LogP contribution in [0.3, 0.4) is 0 Å². The smallest absolute Gasteiger partial charge is 0.251 e. The van der Waals surface area contributed by atoms with Crippen LogP contribution in [0.4, 0.5) is 0 Å². The van der Waals surface area contributed by atoms with Gasteiger partial charge in [0.2, 0.25) is 10.0 Å². The highest BCUT2D eigenvalue weighted by atomic mass is 32.2. The first-order chi connectivity index (χ1) is 12.2. The predicted molar refractivity (Wildman–Crippen MR) is 103 cm³/mol. The summed E-state index contributed by atoms with van der Waals surface area (Å²) in [5.74, 6) is -0.241. The average molecular weight is 375 g/mol. The molecule has 0 heterocycles. The molecular weight excluding hydrogens is 350 g/mol. The van der Waals surface area contributed by atoms with E-state index >= 15 is 0 Å². The second kappa shape index (κ2) is 8.44. The summed E-state index contributed by atoms with van der Waals surface area (Å²) in [7, 11) is 3.34. The maximum atomic E-state index is 12.6.